The Morgan fingerprint density at radius 3 is 2.26 bits per heavy atom. The molecule has 1 aromatic heterocycles. The molecular weight excluding hydrogens is 466 g/mol. The molecule has 3 N–H and O–H groups in total. The van der Waals surface area contributed by atoms with Gasteiger partial charge in [-0.05, 0) is 46.6 Å². The molecule has 2 atom stereocenters. The average Bonchev–Trinajstić information content (AvgIpc) is 3.38. The Morgan fingerprint density at radius 1 is 1.09 bits per heavy atom. The predicted octanol–water partition coefficient (Wildman–Crippen LogP) is 5.04. The van der Waals surface area contributed by atoms with E-state index in [1.807, 2.05) is 50.2 Å². The summed E-state index contributed by atoms with van der Waals surface area (Å²) in [6.07, 6.45) is -0.0823. The van der Waals surface area contributed by atoms with Gasteiger partial charge in [0.05, 0.1) is 5.69 Å². The number of hydrogen-bond donors (Lipinski definition) is 3. The van der Waals surface area contributed by atoms with Gasteiger partial charge in [-0.15, -0.1) is 0 Å². The number of rotatable bonds is 8. The fourth-order valence-corrected chi connectivity index (χ4v) is 5.16. The molecule has 9 heteroatoms. The summed E-state index contributed by atoms with van der Waals surface area (Å²) in [5.41, 5.74) is 4.72. The number of alkyl carbamates (subject to hydrolysis) is 1. The van der Waals surface area contributed by atoms with E-state index in [0.29, 0.717) is 12.1 Å². The van der Waals surface area contributed by atoms with Crippen LogP contribution in [0.1, 0.15) is 53.4 Å². The van der Waals surface area contributed by atoms with Crippen LogP contribution in [0.2, 0.25) is 0 Å². The summed E-state index contributed by atoms with van der Waals surface area (Å²) in [6.45, 7) is 5.44. The molecule has 0 radical (unpaired) electrons. The highest BCUT2D eigenvalue weighted by molar-refractivity contribution is 7.11. The van der Waals surface area contributed by atoms with Gasteiger partial charge in [-0.2, -0.15) is 4.37 Å². The van der Waals surface area contributed by atoms with Gasteiger partial charge < -0.3 is 20.5 Å². The topological polar surface area (TPSA) is 118 Å². The molecule has 0 spiro atoms. The third-order valence-corrected chi connectivity index (χ3v) is 7.28. The van der Waals surface area contributed by atoms with Crippen LogP contribution in [0, 0.1) is 12.8 Å². The van der Waals surface area contributed by atoms with E-state index < -0.39 is 24.0 Å². The molecule has 35 heavy (non-hydrogen) atoms. The van der Waals surface area contributed by atoms with E-state index >= 15 is 0 Å². The van der Waals surface area contributed by atoms with Crippen molar-refractivity contribution in [2.45, 2.75) is 39.2 Å². The van der Waals surface area contributed by atoms with Crippen molar-refractivity contribution >= 4 is 34.5 Å². The van der Waals surface area contributed by atoms with Crippen LogP contribution in [-0.4, -0.2) is 40.1 Å². The number of carboxylic acids is 1. The summed E-state index contributed by atoms with van der Waals surface area (Å²) < 4.78 is 9.62. The van der Waals surface area contributed by atoms with Crippen LogP contribution in [0.25, 0.3) is 11.1 Å². The minimum atomic E-state index is -1.17. The molecule has 0 saturated heterocycles. The number of carbonyl (C=O) groups is 3. The maximum atomic E-state index is 13.0. The number of aryl methyl sites for hydroxylation is 1. The third-order valence-electron chi connectivity index (χ3n) is 6.43. The minimum absolute atomic E-state index is 0.0487. The summed E-state index contributed by atoms with van der Waals surface area (Å²) in [4.78, 5) is 37.3. The molecule has 1 aliphatic rings. The van der Waals surface area contributed by atoms with E-state index in [4.69, 9.17) is 4.74 Å². The maximum Gasteiger partial charge on any atom is 0.407 e. The number of aromatic carboxylic acids is 1. The second-order valence-electron chi connectivity index (χ2n) is 8.60. The number of benzene rings is 2. The van der Waals surface area contributed by atoms with Crippen LogP contribution in [0.15, 0.2) is 48.5 Å². The highest BCUT2D eigenvalue weighted by Gasteiger charge is 2.31. The van der Waals surface area contributed by atoms with Crippen LogP contribution in [-0.2, 0) is 9.53 Å². The zero-order chi connectivity index (χ0) is 25.1. The highest BCUT2D eigenvalue weighted by Crippen LogP contribution is 2.44. The molecule has 1 heterocycles. The second kappa shape index (κ2) is 10.3. The molecule has 0 aliphatic heterocycles. The number of anilines is 1. The van der Waals surface area contributed by atoms with Crippen molar-refractivity contribution in [3.8, 4) is 11.1 Å². The van der Waals surface area contributed by atoms with Gasteiger partial charge in [-0.25, -0.2) is 9.59 Å². The molecule has 0 saturated carbocycles. The molecule has 1 unspecified atom stereocenters. The molecule has 1 aliphatic carbocycles. The first-order chi connectivity index (χ1) is 16.8. The summed E-state index contributed by atoms with van der Waals surface area (Å²) in [7, 11) is 0. The van der Waals surface area contributed by atoms with Crippen molar-refractivity contribution in [2.75, 3.05) is 11.9 Å². The Labute approximate surface area is 207 Å². The van der Waals surface area contributed by atoms with Crippen LogP contribution in [0.3, 0.4) is 0 Å². The van der Waals surface area contributed by atoms with Crippen LogP contribution in [0.4, 0.5) is 9.80 Å². The number of fused-ring (bicyclic) bond motifs is 3. The molecular formula is C26H27N3O5S. The van der Waals surface area contributed by atoms with E-state index in [1.165, 1.54) is 0 Å². The molecule has 0 bridgehead atoms. The first kappa shape index (κ1) is 24.4. The lowest BCUT2D eigenvalue weighted by atomic mass is 9.98. The van der Waals surface area contributed by atoms with Gasteiger partial charge in [0.25, 0.3) is 0 Å². The number of hydrogen-bond acceptors (Lipinski definition) is 6. The molecule has 0 fully saturated rings. The Hall–Kier alpha value is -3.72. The Kier molecular flexibility index (Phi) is 7.16. The Balaban J connectivity index is 1.45. The van der Waals surface area contributed by atoms with Crippen molar-refractivity contribution < 1.29 is 24.2 Å². The standard InChI is InChI=1S/C26H27N3O5S/c1-4-14(2)22(23(30)28-24-21(25(31)32)15(3)29-35-24)27-26(33)34-13-20-18-11-7-5-9-16(18)17-10-6-8-12-19(17)20/h5-12,14,20,22H,4,13H2,1-3H3,(H,27,33)(H,28,30)(H,31,32)/t14?,22-/m0/s1. The number of ether oxygens (including phenoxy) is 1. The first-order valence-electron chi connectivity index (χ1n) is 11.4. The summed E-state index contributed by atoms with van der Waals surface area (Å²) >= 11 is 0.896. The summed E-state index contributed by atoms with van der Waals surface area (Å²) in [5, 5.41) is 14.9. The number of nitrogens with one attached hydrogen (secondary N) is 2. The molecule has 3 aromatic rings. The lowest BCUT2D eigenvalue weighted by Gasteiger charge is -2.23. The molecule has 2 aromatic carbocycles. The highest BCUT2D eigenvalue weighted by atomic mass is 32.1. The molecule has 4 rings (SSSR count). The summed E-state index contributed by atoms with van der Waals surface area (Å²) in [5.74, 6) is -1.99. The lowest BCUT2D eigenvalue weighted by Crippen LogP contribution is -2.48. The number of amides is 2. The first-order valence-corrected chi connectivity index (χ1v) is 12.2. The number of carbonyl (C=O) groups excluding carboxylic acids is 2. The number of aromatic nitrogens is 1. The van der Waals surface area contributed by atoms with Crippen molar-refractivity contribution in [3.05, 3.63) is 70.9 Å². The smallest absolute Gasteiger partial charge is 0.407 e. The van der Waals surface area contributed by atoms with Gasteiger partial charge in [-0.1, -0.05) is 68.8 Å². The van der Waals surface area contributed by atoms with Crippen molar-refractivity contribution in [1.29, 1.82) is 0 Å². The van der Waals surface area contributed by atoms with Crippen molar-refractivity contribution in [2.24, 2.45) is 5.92 Å². The second-order valence-corrected chi connectivity index (χ2v) is 9.37. The van der Waals surface area contributed by atoms with Crippen LogP contribution < -0.4 is 10.6 Å². The number of carboxylic acid groups (broad SMARTS) is 1. The summed E-state index contributed by atoms with van der Waals surface area (Å²) in [6, 6.07) is 15.2. The zero-order valence-corrected chi connectivity index (χ0v) is 20.5. The van der Waals surface area contributed by atoms with Crippen LogP contribution in [0.5, 0.6) is 0 Å². The van der Waals surface area contributed by atoms with Gasteiger partial charge in [-0.3, -0.25) is 4.79 Å². The fraction of sp³-hybridized carbons (Fsp3) is 0.308. The Bertz CT molecular complexity index is 1230. The quantitative estimate of drug-likeness (QED) is 0.405. The van der Waals surface area contributed by atoms with E-state index in [2.05, 4.69) is 27.1 Å². The van der Waals surface area contributed by atoms with E-state index in [0.717, 1.165) is 33.8 Å². The van der Waals surface area contributed by atoms with Crippen LogP contribution >= 0.6 is 11.5 Å². The van der Waals surface area contributed by atoms with Gasteiger partial charge >= 0.3 is 12.1 Å². The van der Waals surface area contributed by atoms with Gasteiger partial charge in [0.15, 0.2) is 0 Å². The lowest BCUT2D eigenvalue weighted by molar-refractivity contribution is -0.119. The molecule has 8 nitrogen and oxygen atoms in total. The number of nitrogens with zero attached hydrogens (tertiary/aromatic N) is 1. The normalized spacial score (nSPS) is 13.9. The molecule has 2 amide bonds. The third kappa shape index (κ3) is 4.90. The molecule has 182 valence electrons. The Morgan fingerprint density at radius 2 is 1.69 bits per heavy atom. The zero-order valence-electron chi connectivity index (χ0n) is 19.7. The van der Waals surface area contributed by atoms with E-state index in [1.54, 1.807) is 6.92 Å². The SMILES string of the molecule is CCC(C)[C@H](NC(=O)OCC1c2ccccc2-c2ccccc21)C(=O)Nc1snc(C)c1C(=O)O. The van der Waals surface area contributed by atoms with Crippen molar-refractivity contribution in [1.82, 2.24) is 9.69 Å². The van der Waals surface area contributed by atoms with Gasteiger partial charge in [0.2, 0.25) is 5.91 Å². The van der Waals surface area contributed by atoms with E-state index in [9.17, 15) is 19.5 Å². The predicted molar refractivity (Wildman–Crippen MR) is 134 cm³/mol. The van der Waals surface area contributed by atoms with Crippen molar-refractivity contribution in [3.63, 3.8) is 0 Å². The van der Waals surface area contributed by atoms with Gasteiger partial charge in [0.1, 0.15) is 23.2 Å². The fourth-order valence-electron chi connectivity index (χ4n) is 4.37. The largest absolute Gasteiger partial charge is 0.478 e. The maximum absolute atomic E-state index is 13.0. The minimum Gasteiger partial charge on any atom is -0.478 e. The van der Waals surface area contributed by atoms with E-state index in [-0.39, 0.29) is 29.0 Å². The van der Waals surface area contributed by atoms with Gasteiger partial charge in [0, 0.05) is 5.92 Å². The average molecular weight is 494 g/mol. The monoisotopic (exact) mass is 493 g/mol.